The molecule has 0 aliphatic heterocycles. The number of para-hydroxylation sites is 1. The van der Waals surface area contributed by atoms with Gasteiger partial charge in [0.05, 0.1) is 10.1 Å². The minimum atomic E-state index is -0.903. The van der Waals surface area contributed by atoms with E-state index in [0.717, 1.165) is 55.7 Å². The van der Waals surface area contributed by atoms with Gasteiger partial charge in [-0.25, -0.2) is 9.78 Å². The second-order valence-electron chi connectivity index (χ2n) is 8.71. The summed E-state index contributed by atoms with van der Waals surface area (Å²) in [6.07, 6.45) is 6.56. The molecule has 1 saturated carbocycles. The van der Waals surface area contributed by atoms with Gasteiger partial charge >= 0.3 is 6.09 Å². The summed E-state index contributed by atoms with van der Waals surface area (Å²) >= 11 is 3.89. The van der Waals surface area contributed by atoms with Gasteiger partial charge in [0, 0.05) is 31.4 Å². The molecule has 2 N–H and O–H groups in total. The fraction of sp³-hybridized carbons (Fsp3) is 0.522. The SMILES string of the molecule is CN(C)c1nc(N[C@]2(Br)CC[C@H](N(C(=O)O)c3ccccc3)CC2)nc2c1CCCC2. The lowest BCUT2D eigenvalue weighted by molar-refractivity contribution is 0.195. The molecule has 4 rings (SSSR count). The quantitative estimate of drug-likeness (QED) is 0.453. The summed E-state index contributed by atoms with van der Waals surface area (Å²) in [6, 6.07) is 9.31. The van der Waals surface area contributed by atoms with E-state index in [1.165, 1.54) is 23.3 Å². The Morgan fingerprint density at radius 3 is 2.45 bits per heavy atom. The monoisotopic (exact) mass is 487 g/mol. The van der Waals surface area contributed by atoms with Crippen LogP contribution < -0.4 is 15.1 Å². The molecule has 0 spiro atoms. The van der Waals surface area contributed by atoms with Crippen molar-refractivity contribution in [3.63, 3.8) is 0 Å². The van der Waals surface area contributed by atoms with E-state index in [9.17, 15) is 9.90 Å². The lowest BCUT2D eigenvalue weighted by atomic mass is 9.89. The van der Waals surface area contributed by atoms with Gasteiger partial charge in [0.15, 0.2) is 0 Å². The molecule has 0 radical (unpaired) electrons. The number of fused-ring (bicyclic) bond motifs is 1. The number of halogens is 1. The van der Waals surface area contributed by atoms with E-state index in [0.29, 0.717) is 5.95 Å². The van der Waals surface area contributed by atoms with E-state index in [1.54, 1.807) is 0 Å². The van der Waals surface area contributed by atoms with Crippen molar-refractivity contribution in [2.75, 3.05) is 29.2 Å². The molecule has 7 nitrogen and oxygen atoms in total. The van der Waals surface area contributed by atoms with Gasteiger partial charge in [-0.1, -0.05) is 34.1 Å². The third kappa shape index (κ3) is 4.79. The zero-order valence-corrected chi connectivity index (χ0v) is 19.7. The van der Waals surface area contributed by atoms with Crippen molar-refractivity contribution in [3.05, 3.63) is 41.6 Å². The van der Waals surface area contributed by atoms with E-state index in [4.69, 9.17) is 9.97 Å². The van der Waals surface area contributed by atoms with Crippen LogP contribution in [0.25, 0.3) is 0 Å². The molecule has 2 aliphatic carbocycles. The van der Waals surface area contributed by atoms with Crippen molar-refractivity contribution in [1.29, 1.82) is 0 Å². The van der Waals surface area contributed by atoms with Crippen LogP contribution in [0.5, 0.6) is 0 Å². The maximum atomic E-state index is 12.0. The first-order valence-electron chi connectivity index (χ1n) is 11.0. The van der Waals surface area contributed by atoms with Crippen molar-refractivity contribution >= 4 is 39.5 Å². The number of carboxylic acid groups (broad SMARTS) is 1. The summed E-state index contributed by atoms with van der Waals surface area (Å²) in [6.45, 7) is 0. The largest absolute Gasteiger partial charge is 0.465 e. The number of aromatic nitrogens is 2. The summed E-state index contributed by atoms with van der Waals surface area (Å²) in [4.78, 5) is 25.2. The van der Waals surface area contributed by atoms with Crippen LogP contribution in [0.2, 0.25) is 0 Å². The molecular formula is C23H30BrN5O2. The van der Waals surface area contributed by atoms with Crippen molar-refractivity contribution in [3.8, 4) is 0 Å². The summed E-state index contributed by atoms with van der Waals surface area (Å²) in [5, 5.41) is 13.3. The molecule has 1 fully saturated rings. The van der Waals surface area contributed by atoms with Crippen LogP contribution in [-0.2, 0) is 12.8 Å². The second kappa shape index (κ2) is 9.02. The number of alkyl halides is 1. The molecule has 1 aromatic carbocycles. The van der Waals surface area contributed by atoms with E-state index >= 15 is 0 Å². The van der Waals surface area contributed by atoms with Crippen LogP contribution in [0.1, 0.15) is 49.8 Å². The number of aryl methyl sites for hydroxylation is 1. The Labute approximate surface area is 192 Å². The van der Waals surface area contributed by atoms with Crippen LogP contribution in [0.15, 0.2) is 30.3 Å². The van der Waals surface area contributed by atoms with Gasteiger partial charge in [0.2, 0.25) is 5.95 Å². The lowest BCUT2D eigenvalue weighted by Crippen LogP contribution is -2.46. The molecule has 166 valence electrons. The summed E-state index contributed by atoms with van der Waals surface area (Å²) in [5.41, 5.74) is 3.15. The highest BCUT2D eigenvalue weighted by Crippen LogP contribution is 2.39. The van der Waals surface area contributed by atoms with Gasteiger partial charge in [0.1, 0.15) is 5.82 Å². The summed E-state index contributed by atoms with van der Waals surface area (Å²) in [5.74, 6) is 1.65. The Hall–Kier alpha value is -2.35. The van der Waals surface area contributed by atoms with Crippen molar-refractivity contribution < 1.29 is 9.90 Å². The van der Waals surface area contributed by atoms with Gasteiger partial charge in [0.25, 0.3) is 0 Å². The molecule has 0 saturated heterocycles. The third-order valence-corrected chi connectivity index (χ3v) is 7.27. The van der Waals surface area contributed by atoms with E-state index in [-0.39, 0.29) is 10.5 Å². The Balaban J connectivity index is 1.49. The second-order valence-corrected chi connectivity index (χ2v) is 10.2. The number of nitrogens with zero attached hydrogens (tertiary/aromatic N) is 4. The highest BCUT2D eigenvalue weighted by Gasteiger charge is 2.38. The molecule has 1 heterocycles. The number of rotatable bonds is 5. The standard InChI is InChI=1S/C23H30BrN5O2/c1-28(2)20-18-10-6-7-11-19(18)25-21(26-20)27-23(24)14-12-17(13-15-23)29(22(30)31)16-8-4-3-5-9-16/h3-5,8-9,17H,6-7,10-15H2,1-2H3,(H,30,31)(H,25,26,27)/t17-,23+. The fourth-order valence-electron chi connectivity index (χ4n) is 4.71. The Morgan fingerprint density at radius 1 is 1.13 bits per heavy atom. The number of hydrogen-bond acceptors (Lipinski definition) is 5. The first kappa shape index (κ1) is 21.9. The number of anilines is 3. The van der Waals surface area contributed by atoms with Gasteiger partial charge in [-0.05, 0) is 63.5 Å². The fourth-order valence-corrected chi connectivity index (χ4v) is 5.34. The Bertz CT molecular complexity index is 929. The molecule has 1 aromatic heterocycles. The predicted molar refractivity (Wildman–Crippen MR) is 127 cm³/mol. The number of amides is 1. The van der Waals surface area contributed by atoms with Crippen LogP contribution in [0.4, 0.5) is 22.2 Å². The molecular weight excluding hydrogens is 458 g/mol. The number of nitrogens with one attached hydrogen (secondary N) is 1. The van der Waals surface area contributed by atoms with Crippen molar-refractivity contribution in [1.82, 2.24) is 9.97 Å². The van der Waals surface area contributed by atoms with Crippen LogP contribution in [0, 0.1) is 0 Å². The molecule has 0 bridgehead atoms. The smallest absolute Gasteiger partial charge is 0.412 e. The predicted octanol–water partition coefficient (Wildman–Crippen LogP) is 5.05. The zero-order chi connectivity index (χ0) is 22.0. The Morgan fingerprint density at radius 2 is 1.81 bits per heavy atom. The average molecular weight is 488 g/mol. The molecule has 1 amide bonds. The van der Waals surface area contributed by atoms with Gasteiger partial charge in [-0.15, -0.1) is 0 Å². The number of carbonyl (C=O) groups is 1. The first-order chi connectivity index (χ1) is 14.9. The first-order valence-corrected chi connectivity index (χ1v) is 11.8. The molecule has 8 heteroatoms. The topological polar surface area (TPSA) is 81.6 Å². The van der Waals surface area contributed by atoms with E-state index in [2.05, 4.69) is 26.1 Å². The Kier molecular flexibility index (Phi) is 6.36. The minimum Gasteiger partial charge on any atom is -0.465 e. The molecule has 0 unspecified atom stereocenters. The van der Waals surface area contributed by atoms with E-state index < -0.39 is 6.09 Å². The molecule has 2 aliphatic rings. The third-order valence-electron chi connectivity index (χ3n) is 6.27. The number of benzene rings is 1. The maximum absolute atomic E-state index is 12.0. The molecule has 0 atom stereocenters. The average Bonchev–Trinajstić information content (AvgIpc) is 2.75. The van der Waals surface area contributed by atoms with Crippen LogP contribution in [-0.4, -0.2) is 45.8 Å². The van der Waals surface area contributed by atoms with Crippen LogP contribution in [0.3, 0.4) is 0 Å². The van der Waals surface area contributed by atoms with E-state index in [1.807, 2.05) is 44.4 Å². The minimum absolute atomic E-state index is 0.0471. The van der Waals surface area contributed by atoms with Crippen molar-refractivity contribution in [2.24, 2.45) is 0 Å². The highest BCUT2D eigenvalue weighted by molar-refractivity contribution is 9.10. The molecule has 31 heavy (non-hydrogen) atoms. The summed E-state index contributed by atoms with van der Waals surface area (Å²) < 4.78 is -0.336. The van der Waals surface area contributed by atoms with Gasteiger partial charge in [-0.3, -0.25) is 4.90 Å². The van der Waals surface area contributed by atoms with Crippen molar-refractivity contribution in [2.45, 2.75) is 61.9 Å². The highest BCUT2D eigenvalue weighted by atomic mass is 79.9. The maximum Gasteiger partial charge on any atom is 0.412 e. The molecule has 2 aromatic rings. The van der Waals surface area contributed by atoms with Gasteiger partial charge < -0.3 is 15.3 Å². The van der Waals surface area contributed by atoms with Gasteiger partial charge in [-0.2, -0.15) is 4.98 Å². The summed E-state index contributed by atoms with van der Waals surface area (Å²) in [7, 11) is 4.06. The normalized spacial score (nSPS) is 23.0. The number of hydrogen-bond donors (Lipinski definition) is 2. The van der Waals surface area contributed by atoms with Crippen LogP contribution >= 0.6 is 15.9 Å². The lowest BCUT2D eigenvalue weighted by Gasteiger charge is -2.40. The zero-order valence-electron chi connectivity index (χ0n) is 18.1.